The van der Waals surface area contributed by atoms with E-state index in [0.717, 1.165) is 0 Å². The van der Waals surface area contributed by atoms with Crippen LogP contribution in [-0.4, -0.2) is 12.3 Å². The number of nitriles is 1. The van der Waals surface area contributed by atoms with Gasteiger partial charge in [-0.25, -0.2) is 0 Å². The summed E-state index contributed by atoms with van der Waals surface area (Å²) in [5.74, 6) is 0.655. The summed E-state index contributed by atoms with van der Waals surface area (Å²) in [6.07, 6.45) is 3.10. The molecular weight excluding hydrogens is 140 g/mol. The van der Waals surface area contributed by atoms with Crippen LogP contribution in [0.3, 0.4) is 0 Å². The molecule has 0 aromatic heterocycles. The van der Waals surface area contributed by atoms with Gasteiger partial charge >= 0.3 is 0 Å². The summed E-state index contributed by atoms with van der Waals surface area (Å²) >= 11 is 0. The Kier molecular flexibility index (Phi) is 2.27. The molecular formula is C8H10N2O. The number of rotatable bonds is 1. The van der Waals surface area contributed by atoms with Crippen LogP contribution in [0.5, 0.6) is 0 Å². The molecule has 1 unspecified atom stereocenters. The first-order valence-electron chi connectivity index (χ1n) is 3.54. The fraction of sp³-hybridized carbons (Fsp3) is 0.500. The predicted octanol–water partition coefficient (Wildman–Crippen LogP) is 1.48. The molecule has 1 rings (SSSR count). The van der Waals surface area contributed by atoms with Gasteiger partial charge in [-0.2, -0.15) is 5.26 Å². The Balaban J connectivity index is 2.64. The van der Waals surface area contributed by atoms with Gasteiger partial charge in [0.15, 0.2) is 0 Å². The fourth-order valence-corrected chi connectivity index (χ4v) is 0.766. The van der Waals surface area contributed by atoms with Crippen LogP contribution in [-0.2, 0) is 4.74 Å². The molecule has 0 bridgehead atoms. The maximum absolute atomic E-state index is 8.47. The molecule has 0 radical (unpaired) electrons. The minimum atomic E-state index is -0.0466. The van der Waals surface area contributed by atoms with Crippen LogP contribution in [0.4, 0.5) is 0 Å². The van der Waals surface area contributed by atoms with E-state index in [1.165, 1.54) is 6.20 Å². The van der Waals surface area contributed by atoms with Crippen molar-refractivity contribution >= 4 is 6.21 Å². The normalized spacial score (nSPS) is 22.4. The van der Waals surface area contributed by atoms with Gasteiger partial charge in [0.05, 0.1) is 6.20 Å². The van der Waals surface area contributed by atoms with Gasteiger partial charge in [0.25, 0.3) is 0 Å². The molecule has 0 saturated heterocycles. The molecule has 0 amide bonds. The van der Waals surface area contributed by atoms with Crippen LogP contribution in [0.15, 0.2) is 17.0 Å². The molecule has 0 spiro atoms. The second-order valence-corrected chi connectivity index (χ2v) is 2.73. The maximum Gasteiger partial charge on any atom is 0.216 e. The van der Waals surface area contributed by atoms with Crippen LogP contribution < -0.4 is 0 Å². The zero-order valence-corrected chi connectivity index (χ0v) is 6.61. The Morgan fingerprint density at radius 2 is 2.45 bits per heavy atom. The lowest BCUT2D eigenvalue weighted by atomic mass is 10.1. The van der Waals surface area contributed by atoms with Crippen molar-refractivity contribution in [2.75, 3.05) is 0 Å². The minimum Gasteiger partial charge on any atom is -0.473 e. The lowest BCUT2D eigenvalue weighted by Gasteiger charge is -2.19. The summed E-state index contributed by atoms with van der Waals surface area (Å²) in [7, 11) is 0. The van der Waals surface area contributed by atoms with E-state index in [4.69, 9.17) is 10.00 Å². The number of hydrogen-bond acceptors (Lipinski definition) is 3. The third-order valence-corrected chi connectivity index (χ3v) is 1.46. The summed E-state index contributed by atoms with van der Waals surface area (Å²) in [6.45, 7) is 4.05. The molecule has 0 fully saturated rings. The van der Waals surface area contributed by atoms with Crippen LogP contribution in [0.1, 0.15) is 13.8 Å². The van der Waals surface area contributed by atoms with Crippen LogP contribution in [0, 0.1) is 17.2 Å². The Hall–Kier alpha value is -1.30. The standard InChI is InChI=1S/C8H10N2O/c1-6(2)8-5-10-4-7(3-9)11-8/h4-6,8H,1-2H3. The van der Waals surface area contributed by atoms with E-state index in [1.54, 1.807) is 6.21 Å². The number of ether oxygens (including phenoxy) is 1. The molecule has 3 heteroatoms. The van der Waals surface area contributed by atoms with Gasteiger partial charge in [0.2, 0.25) is 5.76 Å². The summed E-state index contributed by atoms with van der Waals surface area (Å²) < 4.78 is 5.25. The lowest BCUT2D eigenvalue weighted by molar-refractivity contribution is 0.142. The highest BCUT2D eigenvalue weighted by molar-refractivity contribution is 5.65. The van der Waals surface area contributed by atoms with Gasteiger partial charge in [-0.15, -0.1) is 0 Å². The van der Waals surface area contributed by atoms with Gasteiger partial charge < -0.3 is 4.74 Å². The second kappa shape index (κ2) is 3.20. The average molecular weight is 150 g/mol. The highest BCUT2D eigenvalue weighted by atomic mass is 16.5. The van der Waals surface area contributed by atoms with Gasteiger partial charge in [-0.1, -0.05) is 13.8 Å². The highest BCUT2D eigenvalue weighted by Gasteiger charge is 2.15. The minimum absolute atomic E-state index is 0.0466. The van der Waals surface area contributed by atoms with Crippen molar-refractivity contribution in [2.24, 2.45) is 10.9 Å². The Morgan fingerprint density at radius 1 is 1.73 bits per heavy atom. The molecule has 0 aromatic rings. The van der Waals surface area contributed by atoms with E-state index >= 15 is 0 Å². The van der Waals surface area contributed by atoms with E-state index in [0.29, 0.717) is 11.7 Å². The van der Waals surface area contributed by atoms with E-state index in [1.807, 2.05) is 19.9 Å². The first-order chi connectivity index (χ1) is 5.24. The van der Waals surface area contributed by atoms with Crippen molar-refractivity contribution in [1.82, 2.24) is 0 Å². The number of hydrogen-bond donors (Lipinski definition) is 0. The van der Waals surface area contributed by atoms with E-state index < -0.39 is 0 Å². The lowest BCUT2D eigenvalue weighted by Crippen LogP contribution is -2.22. The fourth-order valence-electron chi connectivity index (χ4n) is 0.766. The summed E-state index contributed by atoms with van der Waals surface area (Å²) in [5.41, 5.74) is 0. The molecule has 0 N–H and O–H groups in total. The van der Waals surface area contributed by atoms with Gasteiger partial charge in [0, 0.05) is 6.21 Å². The molecule has 0 aliphatic carbocycles. The first-order valence-corrected chi connectivity index (χ1v) is 3.54. The third-order valence-electron chi connectivity index (χ3n) is 1.46. The predicted molar refractivity (Wildman–Crippen MR) is 41.9 cm³/mol. The maximum atomic E-state index is 8.47. The monoisotopic (exact) mass is 150 g/mol. The van der Waals surface area contributed by atoms with Crippen molar-refractivity contribution in [1.29, 1.82) is 5.26 Å². The van der Waals surface area contributed by atoms with E-state index in [-0.39, 0.29) is 6.10 Å². The number of aliphatic imine (C=N–C) groups is 1. The largest absolute Gasteiger partial charge is 0.473 e. The summed E-state index contributed by atoms with van der Waals surface area (Å²) in [6, 6.07) is 1.91. The Bertz CT molecular complexity index is 235. The molecule has 58 valence electrons. The molecule has 1 heterocycles. The summed E-state index contributed by atoms with van der Waals surface area (Å²) in [5, 5.41) is 8.47. The zero-order valence-electron chi connectivity index (χ0n) is 6.61. The Morgan fingerprint density at radius 3 is 3.00 bits per heavy atom. The number of nitrogens with zero attached hydrogens (tertiary/aromatic N) is 2. The molecule has 0 saturated carbocycles. The quantitative estimate of drug-likeness (QED) is 0.568. The van der Waals surface area contributed by atoms with Gasteiger partial charge in [-0.3, -0.25) is 4.99 Å². The summed E-state index contributed by atoms with van der Waals surface area (Å²) in [4.78, 5) is 3.90. The second-order valence-electron chi connectivity index (χ2n) is 2.73. The number of allylic oxidation sites excluding steroid dienone is 1. The molecule has 1 aliphatic rings. The average Bonchev–Trinajstić information content (AvgIpc) is 2.05. The van der Waals surface area contributed by atoms with Crippen molar-refractivity contribution < 1.29 is 4.74 Å². The van der Waals surface area contributed by atoms with Crippen LogP contribution in [0.25, 0.3) is 0 Å². The van der Waals surface area contributed by atoms with Crippen molar-refractivity contribution in [3.63, 3.8) is 0 Å². The third kappa shape index (κ3) is 1.81. The SMILES string of the molecule is CC(C)C1C=NC=C(C#N)O1. The molecule has 3 nitrogen and oxygen atoms in total. The van der Waals surface area contributed by atoms with Crippen molar-refractivity contribution in [2.45, 2.75) is 20.0 Å². The van der Waals surface area contributed by atoms with E-state index in [9.17, 15) is 0 Å². The van der Waals surface area contributed by atoms with Crippen LogP contribution in [0.2, 0.25) is 0 Å². The highest BCUT2D eigenvalue weighted by Crippen LogP contribution is 2.12. The Labute approximate surface area is 66.0 Å². The zero-order chi connectivity index (χ0) is 8.27. The topological polar surface area (TPSA) is 45.4 Å². The van der Waals surface area contributed by atoms with Crippen LogP contribution >= 0.6 is 0 Å². The van der Waals surface area contributed by atoms with Crippen molar-refractivity contribution in [3.8, 4) is 6.07 Å². The molecule has 1 atom stereocenters. The van der Waals surface area contributed by atoms with Crippen molar-refractivity contribution in [3.05, 3.63) is 12.0 Å². The van der Waals surface area contributed by atoms with Gasteiger partial charge in [0.1, 0.15) is 12.2 Å². The smallest absolute Gasteiger partial charge is 0.216 e. The van der Waals surface area contributed by atoms with Gasteiger partial charge in [-0.05, 0) is 5.92 Å². The molecule has 11 heavy (non-hydrogen) atoms. The first kappa shape index (κ1) is 7.80. The van der Waals surface area contributed by atoms with E-state index in [2.05, 4.69) is 4.99 Å². The molecule has 1 aliphatic heterocycles. The molecule has 0 aromatic carbocycles.